The van der Waals surface area contributed by atoms with Crippen LogP contribution in [0.4, 0.5) is 0 Å². The molecule has 0 saturated heterocycles. The van der Waals surface area contributed by atoms with Crippen molar-refractivity contribution in [3.63, 3.8) is 0 Å². The van der Waals surface area contributed by atoms with Gasteiger partial charge in [-0.2, -0.15) is 0 Å². The topological polar surface area (TPSA) is 29.5 Å². The fraction of sp³-hybridized carbons (Fsp3) is 0.625. The molecule has 0 amide bonds. The zero-order valence-electron chi connectivity index (χ0n) is 7.17. The fourth-order valence-electron chi connectivity index (χ4n) is 0.735. The molecule has 3 heteroatoms. The Morgan fingerprint density at radius 3 is 2.73 bits per heavy atom. The third-order valence-corrected chi connectivity index (χ3v) is 1.41. The van der Waals surface area contributed by atoms with E-state index in [-0.39, 0.29) is 5.97 Å². The Kier molecular flexibility index (Phi) is 5.47. The normalized spacial score (nSPS) is 9.73. The zero-order chi connectivity index (χ0) is 8.69. The molecule has 0 N–H and O–H groups in total. The minimum Gasteiger partial charge on any atom is -0.468 e. The Balaban J connectivity index is 3.67. The number of nitrogens with zero attached hydrogens (tertiary/aromatic N) is 1. The van der Waals surface area contributed by atoms with Crippen LogP contribution >= 0.6 is 0 Å². The highest BCUT2D eigenvalue weighted by molar-refractivity contribution is 5.71. The van der Waals surface area contributed by atoms with Crippen molar-refractivity contribution >= 4 is 5.97 Å². The summed E-state index contributed by atoms with van der Waals surface area (Å²) in [6, 6.07) is 0. The standard InChI is InChI=1S/C8H15NO2/c1-4-6-9(5-2)7-8(10)11-3/h4H,1,5-7H2,2-3H3. The van der Waals surface area contributed by atoms with Crippen LogP contribution in [0.3, 0.4) is 0 Å². The molecule has 0 aliphatic heterocycles. The molecule has 0 aliphatic rings. The van der Waals surface area contributed by atoms with Gasteiger partial charge in [0.15, 0.2) is 0 Å². The van der Waals surface area contributed by atoms with Crippen molar-refractivity contribution in [1.29, 1.82) is 0 Å². The molecule has 64 valence electrons. The molecule has 0 aliphatic carbocycles. The quantitative estimate of drug-likeness (QED) is 0.434. The van der Waals surface area contributed by atoms with Crippen LogP contribution in [0.1, 0.15) is 6.92 Å². The molecule has 3 nitrogen and oxygen atoms in total. The van der Waals surface area contributed by atoms with E-state index in [2.05, 4.69) is 11.3 Å². The highest BCUT2D eigenvalue weighted by atomic mass is 16.5. The Morgan fingerprint density at radius 2 is 2.36 bits per heavy atom. The van der Waals surface area contributed by atoms with E-state index in [9.17, 15) is 4.79 Å². The van der Waals surface area contributed by atoms with Gasteiger partial charge < -0.3 is 4.74 Å². The van der Waals surface area contributed by atoms with Crippen molar-refractivity contribution in [2.75, 3.05) is 26.7 Å². The fourth-order valence-corrected chi connectivity index (χ4v) is 0.735. The van der Waals surface area contributed by atoms with Crippen molar-refractivity contribution in [1.82, 2.24) is 4.90 Å². The van der Waals surface area contributed by atoms with Gasteiger partial charge in [0.25, 0.3) is 0 Å². The van der Waals surface area contributed by atoms with E-state index < -0.39 is 0 Å². The summed E-state index contributed by atoms with van der Waals surface area (Å²) in [5, 5.41) is 0. The molecule has 0 heterocycles. The molecule has 0 saturated carbocycles. The lowest BCUT2D eigenvalue weighted by molar-refractivity contribution is -0.141. The van der Waals surface area contributed by atoms with E-state index in [1.165, 1.54) is 7.11 Å². The summed E-state index contributed by atoms with van der Waals surface area (Å²) in [5.41, 5.74) is 0. The Morgan fingerprint density at radius 1 is 1.73 bits per heavy atom. The number of carbonyl (C=O) groups is 1. The highest BCUT2D eigenvalue weighted by Gasteiger charge is 2.05. The summed E-state index contributed by atoms with van der Waals surface area (Å²) in [4.78, 5) is 12.7. The molecule has 0 fully saturated rings. The second kappa shape index (κ2) is 5.92. The van der Waals surface area contributed by atoms with Gasteiger partial charge in [-0.25, -0.2) is 0 Å². The summed E-state index contributed by atoms with van der Waals surface area (Å²) in [7, 11) is 1.39. The van der Waals surface area contributed by atoms with E-state index in [0.29, 0.717) is 6.54 Å². The van der Waals surface area contributed by atoms with Crippen molar-refractivity contribution < 1.29 is 9.53 Å². The molecule has 0 spiro atoms. The molecule has 0 aromatic heterocycles. The van der Waals surface area contributed by atoms with E-state index >= 15 is 0 Å². The van der Waals surface area contributed by atoms with Gasteiger partial charge in [-0.3, -0.25) is 9.69 Å². The van der Waals surface area contributed by atoms with Crippen molar-refractivity contribution in [2.45, 2.75) is 6.92 Å². The van der Waals surface area contributed by atoms with Crippen molar-refractivity contribution in [2.24, 2.45) is 0 Å². The SMILES string of the molecule is C=CCN(CC)CC(=O)OC. The molecular formula is C8H15NO2. The molecule has 0 aromatic rings. The highest BCUT2D eigenvalue weighted by Crippen LogP contribution is 1.88. The maximum absolute atomic E-state index is 10.8. The first-order valence-corrected chi connectivity index (χ1v) is 3.64. The molecule has 0 bridgehead atoms. The molecule has 0 unspecified atom stereocenters. The van der Waals surface area contributed by atoms with E-state index in [1.54, 1.807) is 6.08 Å². The monoisotopic (exact) mass is 157 g/mol. The molecule has 11 heavy (non-hydrogen) atoms. The lowest BCUT2D eigenvalue weighted by Gasteiger charge is -2.15. The number of hydrogen-bond donors (Lipinski definition) is 0. The average molecular weight is 157 g/mol. The first kappa shape index (κ1) is 10.2. The number of ether oxygens (including phenoxy) is 1. The minimum absolute atomic E-state index is 0.200. The second-order valence-electron chi connectivity index (χ2n) is 2.19. The summed E-state index contributed by atoms with van der Waals surface area (Å²) in [6.45, 7) is 7.49. The Bertz CT molecular complexity index is 134. The first-order valence-electron chi connectivity index (χ1n) is 3.64. The van der Waals surface area contributed by atoms with Crippen LogP contribution in [0.15, 0.2) is 12.7 Å². The van der Waals surface area contributed by atoms with E-state index in [1.807, 2.05) is 11.8 Å². The smallest absolute Gasteiger partial charge is 0.319 e. The van der Waals surface area contributed by atoms with Gasteiger partial charge in [-0.05, 0) is 6.54 Å². The predicted octanol–water partition coefficient (Wildman–Crippen LogP) is 0.667. The van der Waals surface area contributed by atoms with Gasteiger partial charge in [0.05, 0.1) is 13.7 Å². The number of likely N-dealkylation sites (N-methyl/N-ethyl adjacent to an activating group) is 1. The van der Waals surface area contributed by atoms with E-state index in [4.69, 9.17) is 0 Å². The lowest BCUT2D eigenvalue weighted by Crippen LogP contribution is -2.30. The number of hydrogen-bond acceptors (Lipinski definition) is 3. The van der Waals surface area contributed by atoms with Crippen LogP contribution in [0.2, 0.25) is 0 Å². The van der Waals surface area contributed by atoms with Crippen molar-refractivity contribution in [3.05, 3.63) is 12.7 Å². The van der Waals surface area contributed by atoms with Gasteiger partial charge in [0, 0.05) is 6.54 Å². The second-order valence-corrected chi connectivity index (χ2v) is 2.19. The van der Waals surface area contributed by atoms with Gasteiger partial charge in [-0.1, -0.05) is 13.0 Å². The van der Waals surface area contributed by atoms with Crippen LogP contribution in [-0.2, 0) is 9.53 Å². The molecule has 0 atom stereocenters. The van der Waals surface area contributed by atoms with Gasteiger partial charge in [-0.15, -0.1) is 6.58 Å². The van der Waals surface area contributed by atoms with Crippen LogP contribution in [0, 0.1) is 0 Å². The average Bonchev–Trinajstić information content (AvgIpc) is 2.03. The molecular weight excluding hydrogens is 142 g/mol. The van der Waals surface area contributed by atoms with Crippen LogP contribution in [-0.4, -0.2) is 37.6 Å². The summed E-state index contributed by atoms with van der Waals surface area (Å²) >= 11 is 0. The lowest BCUT2D eigenvalue weighted by atomic mass is 10.4. The Hall–Kier alpha value is -0.830. The summed E-state index contributed by atoms with van der Waals surface area (Å²) < 4.78 is 4.51. The maximum Gasteiger partial charge on any atom is 0.319 e. The third kappa shape index (κ3) is 4.56. The first-order chi connectivity index (χ1) is 5.24. The number of rotatable bonds is 5. The van der Waals surface area contributed by atoms with Crippen LogP contribution in [0.5, 0.6) is 0 Å². The number of methoxy groups -OCH3 is 1. The summed E-state index contributed by atoms with van der Waals surface area (Å²) in [5.74, 6) is -0.200. The number of carbonyl (C=O) groups excluding carboxylic acids is 1. The predicted molar refractivity (Wildman–Crippen MR) is 44.3 cm³/mol. The van der Waals surface area contributed by atoms with Crippen molar-refractivity contribution in [3.8, 4) is 0 Å². The summed E-state index contributed by atoms with van der Waals surface area (Å²) in [6.07, 6.45) is 1.77. The van der Waals surface area contributed by atoms with Crippen LogP contribution in [0.25, 0.3) is 0 Å². The molecule has 0 aromatic carbocycles. The Labute approximate surface area is 67.6 Å². The minimum atomic E-state index is -0.200. The molecule has 0 radical (unpaired) electrons. The number of esters is 1. The van der Waals surface area contributed by atoms with Gasteiger partial charge >= 0.3 is 5.97 Å². The van der Waals surface area contributed by atoms with Gasteiger partial charge in [0.2, 0.25) is 0 Å². The largest absolute Gasteiger partial charge is 0.468 e. The maximum atomic E-state index is 10.8. The third-order valence-electron chi connectivity index (χ3n) is 1.41. The van der Waals surface area contributed by atoms with Gasteiger partial charge in [0.1, 0.15) is 0 Å². The zero-order valence-corrected chi connectivity index (χ0v) is 7.17. The van der Waals surface area contributed by atoms with Crippen LogP contribution < -0.4 is 0 Å². The molecule has 0 rings (SSSR count). The van der Waals surface area contributed by atoms with E-state index in [0.717, 1.165) is 13.1 Å².